The van der Waals surface area contributed by atoms with Crippen molar-refractivity contribution in [1.29, 1.82) is 0 Å². The molecule has 4 nitrogen and oxygen atoms in total. The Morgan fingerprint density at radius 3 is 2.80 bits per heavy atom. The number of nitrogens with one attached hydrogen (secondary N) is 1. The first-order valence-corrected chi connectivity index (χ1v) is 6.94. The highest BCUT2D eigenvalue weighted by atomic mass is 19.1. The van der Waals surface area contributed by atoms with Crippen molar-refractivity contribution < 1.29 is 4.39 Å². The van der Waals surface area contributed by atoms with Gasteiger partial charge in [0, 0.05) is 19.5 Å². The van der Waals surface area contributed by atoms with Crippen LogP contribution in [0.15, 0.2) is 24.5 Å². The predicted octanol–water partition coefficient (Wildman–Crippen LogP) is 2.55. The molecule has 1 N–H and O–H groups in total. The largest absolute Gasteiger partial charge is 0.310 e. The topological polar surface area (TPSA) is 42.7 Å². The second-order valence-corrected chi connectivity index (χ2v) is 5.02. The molecule has 1 unspecified atom stereocenters. The summed E-state index contributed by atoms with van der Waals surface area (Å²) in [6, 6.07) is 5.45. The molecule has 0 saturated carbocycles. The Morgan fingerprint density at radius 1 is 1.40 bits per heavy atom. The number of aryl methyl sites for hydroxylation is 2. The first kappa shape index (κ1) is 14.7. The van der Waals surface area contributed by atoms with E-state index in [1.165, 1.54) is 0 Å². The third-order valence-electron chi connectivity index (χ3n) is 3.43. The quantitative estimate of drug-likeness (QED) is 0.881. The Bertz CT molecular complexity index is 565. The van der Waals surface area contributed by atoms with E-state index in [9.17, 15) is 4.39 Å². The van der Waals surface area contributed by atoms with Gasteiger partial charge in [0.05, 0.1) is 0 Å². The lowest BCUT2D eigenvalue weighted by Gasteiger charge is -2.19. The van der Waals surface area contributed by atoms with Gasteiger partial charge in [0.25, 0.3) is 0 Å². The molecular weight excluding hydrogens is 255 g/mol. The summed E-state index contributed by atoms with van der Waals surface area (Å²) in [7, 11) is 1.87. The highest BCUT2D eigenvalue weighted by Crippen LogP contribution is 2.20. The van der Waals surface area contributed by atoms with Crippen LogP contribution in [0, 0.1) is 12.7 Å². The average Bonchev–Trinajstić information content (AvgIpc) is 2.83. The summed E-state index contributed by atoms with van der Waals surface area (Å²) in [5, 5.41) is 7.53. The van der Waals surface area contributed by atoms with E-state index < -0.39 is 0 Å². The fraction of sp³-hybridized carbons (Fsp3) is 0.467. The second kappa shape index (κ2) is 6.61. The van der Waals surface area contributed by atoms with Crippen LogP contribution < -0.4 is 5.32 Å². The number of hydrogen-bond donors (Lipinski definition) is 1. The van der Waals surface area contributed by atoms with Crippen LogP contribution in [0.4, 0.5) is 4.39 Å². The summed E-state index contributed by atoms with van der Waals surface area (Å²) in [5.74, 6) is 0.725. The number of halogens is 1. The van der Waals surface area contributed by atoms with Gasteiger partial charge >= 0.3 is 0 Å². The van der Waals surface area contributed by atoms with Crippen molar-refractivity contribution in [3.05, 3.63) is 47.3 Å². The molecule has 2 rings (SSSR count). The van der Waals surface area contributed by atoms with Crippen LogP contribution in [0.1, 0.15) is 36.3 Å². The molecule has 0 aliphatic rings. The Hall–Kier alpha value is -1.75. The van der Waals surface area contributed by atoms with Crippen LogP contribution in [0.5, 0.6) is 0 Å². The van der Waals surface area contributed by atoms with E-state index in [1.54, 1.807) is 24.0 Å². The standard InChI is InChI=1S/C15H21FN4/c1-4-7-17-14(9-15-18-10-19-20(15)3)12-6-5-11(2)13(16)8-12/h5-6,8,10,14,17H,4,7,9H2,1-3H3. The van der Waals surface area contributed by atoms with Gasteiger partial charge in [-0.1, -0.05) is 19.1 Å². The molecule has 108 valence electrons. The molecule has 5 heteroatoms. The number of aromatic nitrogens is 3. The Balaban J connectivity index is 2.22. The Morgan fingerprint density at radius 2 is 2.20 bits per heavy atom. The maximum Gasteiger partial charge on any atom is 0.138 e. The molecule has 20 heavy (non-hydrogen) atoms. The monoisotopic (exact) mass is 276 g/mol. The molecular formula is C15H21FN4. The van der Waals surface area contributed by atoms with E-state index in [0.29, 0.717) is 12.0 Å². The Labute approximate surface area is 119 Å². The van der Waals surface area contributed by atoms with E-state index in [-0.39, 0.29) is 11.9 Å². The van der Waals surface area contributed by atoms with Crippen LogP contribution in [0.25, 0.3) is 0 Å². The summed E-state index contributed by atoms with van der Waals surface area (Å²) in [4.78, 5) is 4.25. The van der Waals surface area contributed by atoms with Crippen molar-refractivity contribution >= 4 is 0 Å². The SMILES string of the molecule is CCCNC(Cc1ncnn1C)c1ccc(C)c(F)c1. The minimum absolute atomic E-state index is 0.0490. The van der Waals surface area contributed by atoms with E-state index in [1.807, 2.05) is 19.2 Å². The minimum atomic E-state index is -0.163. The molecule has 1 heterocycles. The number of rotatable bonds is 6. The van der Waals surface area contributed by atoms with Crippen LogP contribution in [0.2, 0.25) is 0 Å². The fourth-order valence-electron chi connectivity index (χ4n) is 2.14. The molecule has 0 aliphatic heterocycles. The van der Waals surface area contributed by atoms with Crippen molar-refractivity contribution in [2.45, 2.75) is 32.7 Å². The summed E-state index contributed by atoms with van der Waals surface area (Å²) >= 11 is 0. The van der Waals surface area contributed by atoms with E-state index in [4.69, 9.17) is 0 Å². The first-order chi connectivity index (χ1) is 9.61. The average molecular weight is 276 g/mol. The lowest BCUT2D eigenvalue weighted by atomic mass is 10.0. The number of nitrogens with zero attached hydrogens (tertiary/aromatic N) is 3. The normalized spacial score (nSPS) is 12.6. The van der Waals surface area contributed by atoms with Gasteiger partial charge < -0.3 is 5.32 Å². The van der Waals surface area contributed by atoms with Crippen LogP contribution >= 0.6 is 0 Å². The van der Waals surface area contributed by atoms with Crippen LogP contribution in [0.3, 0.4) is 0 Å². The molecule has 0 fully saturated rings. The summed E-state index contributed by atoms with van der Waals surface area (Å²) in [6.45, 7) is 4.77. The van der Waals surface area contributed by atoms with Crippen molar-refractivity contribution in [1.82, 2.24) is 20.1 Å². The van der Waals surface area contributed by atoms with Gasteiger partial charge in [0.2, 0.25) is 0 Å². The first-order valence-electron chi connectivity index (χ1n) is 6.94. The lowest BCUT2D eigenvalue weighted by Crippen LogP contribution is -2.25. The van der Waals surface area contributed by atoms with Crippen molar-refractivity contribution in [2.24, 2.45) is 7.05 Å². The third-order valence-corrected chi connectivity index (χ3v) is 3.43. The molecule has 0 spiro atoms. The van der Waals surface area contributed by atoms with Gasteiger partial charge in [-0.15, -0.1) is 0 Å². The Kier molecular flexibility index (Phi) is 4.84. The zero-order valence-electron chi connectivity index (χ0n) is 12.2. The fourth-order valence-corrected chi connectivity index (χ4v) is 2.14. The molecule has 1 atom stereocenters. The zero-order chi connectivity index (χ0) is 14.5. The molecule has 0 saturated heterocycles. The summed E-state index contributed by atoms with van der Waals surface area (Å²) in [6.07, 6.45) is 3.27. The van der Waals surface area contributed by atoms with Gasteiger partial charge in [0.15, 0.2) is 0 Å². The molecule has 0 amide bonds. The van der Waals surface area contributed by atoms with Crippen LogP contribution in [-0.4, -0.2) is 21.3 Å². The molecule has 2 aromatic rings. The molecule has 0 bridgehead atoms. The zero-order valence-corrected chi connectivity index (χ0v) is 12.2. The van der Waals surface area contributed by atoms with E-state index in [0.717, 1.165) is 24.4 Å². The van der Waals surface area contributed by atoms with Gasteiger partial charge in [-0.05, 0) is 37.1 Å². The number of benzene rings is 1. The summed E-state index contributed by atoms with van der Waals surface area (Å²) in [5.41, 5.74) is 1.62. The maximum absolute atomic E-state index is 13.8. The van der Waals surface area contributed by atoms with Crippen molar-refractivity contribution in [3.8, 4) is 0 Å². The predicted molar refractivity (Wildman–Crippen MR) is 76.9 cm³/mol. The van der Waals surface area contributed by atoms with Gasteiger partial charge in [-0.3, -0.25) is 4.68 Å². The van der Waals surface area contributed by atoms with Gasteiger partial charge in [0.1, 0.15) is 18.0 Å². The van der Waals surface area contributed by atoms with Gasteiger partial charge in [-0.25, -0.2) is 9.37 Å². The smallest absolute Gasteiger partial charge is 0.138 e. The molecule has 1 aromatic heterocycles. The maximum atomic E-state index is 13.8. The molecule has 0 radical (unpaired) electrons. The van der Waals surface area contributed by atoms with Crippen molar-refractivity contribution in [3.63, 3.8) is 0 Å². The lowest BCUT2D eigenvalue weighted by molar-refractivity contribution is 0.502. The van der Waals surface area contributed by atoms with Gasteiger partial charge in [-0.2, -0.15) is 5.10 Å². The third kappa shape index (κ3) is 3.42. The van der Waals surface area contributed by atoms with E-state index >= 15 is 0 Å². The highest BCUT2D eigenvalue weighted by molar-refractivity contribution is 5.26. The molecule has 1 aromatic carbocycles. The van der Waals surface area contributed by atoms with E-state index in [2.05, 4.69) is 22.3 Å². The highest BCUT2D eigenvalue weighted by Gasteiger charge is 2.15. The summed E-state index contributed by atoms with van der Waals surface area (Å²) < 4.78 is 15.5. The molecule has 0 aliphatic carbocycles. The minimum Gasteiger partial charge on any atom is -0.310 e. The van der Waals surface area contributed by atoms with Crippen LogP contribution in [-0.2, 0) is 13.5 Å². The second-order valence-electron chi connectivity index (χ2n) is 5.02. The number of hydrogen-bond acceptors (Lipinski definition) is 3. The van der Waals surface area contributed by atoms with Crippen molar-refractivity contribution in [2.75, 3.05) is 6.54 Å².